The summed E-state index contributed by atoms with van der Waals surface area (Å²) >= 11 is 0. The van der Waals surface area contributed by atoms with Crippen LogP contribution in [0.15, 0.2) is 0 Å². The lowest BCUT2D eigenvalue weighted by Gasteiger charge is -2.16. The molecule has 3 nitrogen and oxygen atoms in total. The van der Waals surface area contributed by atoms with E-state index in [1.165, 1.54) is 45.2 Å². The molecule has 0 aromatic heterocycles. The van der Waals surface area contributed by atoms with Gasteiger partial charge in [-0.3, -0.25) is 0 Å². The summed E-state index contributed by atoms with van der Waals surface area (Å²) in [5.41, 5.74) is 5.85. The van der Waals surface area contributed by atoms with E-state index in [9.17, 15) is 0 Å². The zero-order valence-corrected chi connectivity index (χ0v) is 8.95. The average molecular weight is 198 g/mol. The molecule has 0 aromatic rings. The third-order valence-corrected chi connectivity index (χ3v) is 3.33. The first-order valence-corrected chi connectivity index (χ1v) is 5.94. The molecule has 0 spiro atoms. The second-order valence-corrected chi connectivity index (χ2v) is 4.63. The molecule has 0 amide bonds. The molecular formula is C11H22N2O. The largest absolute Gasteiger partial charge is 0.378 e. The van der Waals surface area contributed by atoms with E-state index in [2.05, 4.69) is 4.90 Å². The van der Waals surface area contributed by atoms with Crippen molar-refractivity contribution in [1.82, 2.24) is 4.90 Å². The van der Waals surface area contributed by atoms with Crippen LogP contribution in [-0.2, 0) is 4.74 Å². The molecule has 2 unspecified atom stereocenters. The molecule has 0 aromatic carbocycles. The van der Waals surface area contributed by atoms with Crippen molar-refractivity contribution < 1.29 is 4.74 Å². The lowest BCUT2D eigenvalue weighted by Crippen LogP contribution is -2.27. The third kappa shape index (κ3) is 2.94. The monoisotopic (exact) mass is 198 g/mol. The van der Waals surface area contributed by atoms with E-state index < -0.39 is 0 Å². The number of ether oxygens (including phenoxy) is 1. The Hall–Kier alpha value is -0.120. The van der Waals surface area contributed by atoms with E-state index in [0.717, 1.165) is 13.2 Å². The first-order chi connectivity index (χ1) is 6.84. The van der Waals surface area contributed by atoms with Gasteiger partial charge in [-0.1, -0.05) is 0 Å². The second-order valence-electron chi connectivity index (χ2n) is 4.63. The fourth-order valence-electron chi connectivity index (χ4n) is 2.48. The van der Waals surface area contributed by atoms with Gasteiger partial charge in [-0.2, -0.15) is 0 Å². The molecule has 2 N–H and O–H groups in total. The molecule has 82 valence electrons. The lowest BCUT2D eigenvalue weighted by molar-refractivity contribution is 0.0996. The van der Waals surface area contributed by atoms with Gasteiger partial charge in [0.25, 0.3) is 0 Å². The molecule has 14 heavy (non-hydrogen) atoms. The van der Waals surface area contributed by atoms with E-state index in [1.807, 2.05) is 0 Å². The van der Waals surface area contributed by atoms with E-state index in [1.54, 1.807) is 0 Å². The van der Waals surface area contributed by atoms with E-state index in [-0.39, 0.29) is 0 Å². The smallest absolute Gasteiger partial charge is 0.0576 e. The number of rotatable bonds is 4. The minimum absolute atomic E-state index is 0.428. The van der Waals surface area contributed by atoms with E-state index >= 15 is 0 Å². The van der Waals surface area contributed by atoms with Gasteiger partial charge in [0, 0.05) is 19.2 Å². The standard InChI is InChI=1S/C11H22N2O/c12-10-5-7-13(9-10)6-1-3-11-4-2-8-14-11/h10-11H,1-9,12H2. The Morgan fingerprint density at radius 2 is 2.29 bits per heavy atom. The molecule has 2 atom stereocenters. The summed E-state index contributed by atoms with van der Waals surface area (Å²) in [4.78, 5) is 2.49. The summed E-state index contributed by atoms with van der Waals surface area (Å²) in [6, 6.07) is 0.428. The summed E-state index contributed by atoms with van der Waals surface area (Å²) in [7, 11) is 0. The Morgan fingerprint density at radius 3 is 2.93 bits per heavy atom. The van der Waals surface area contributed by atoms with Crippen LogP contribution in [0, 0.1) is 0 Å². The van der Waals surface area contributed by atoms with Crippen LogP contribution < -0.4 is 5.73 Å². The number of likely N-dealkylation sites (tertiary alicyclic amines) is 1. The summed E-state index contributed by atoms with van der Waals surface area (Å²) in [6.07, 6.45) is 6.80. The molecule has 0 saturated carbocycles. The molecule has 2 fully saturated rings. The highest BCUT2D eigenvalue weighted by molar-refractivity contribution is 4.78. The molecule has 0 aliphatic carbocycles. The fourth-order valence-corrected chi connectivity index (χ4v) is 2.48. The Kier molecular flexibility index (Phi) is 3.79. The van der Waals surface area contributed by atoms with Gasteiger partial charge in [0.1, 0.15) is 0 Å². The number of nitrogens with zero attached hydrogens (tertiary/aromatic N) is 1. The number of nitrogens with two attached hydrogens (primary N) is 1. The van der Waals surface area contributed by atoms with Gasteiger partial charge in [0.15, 0.2) is 0 Å². The highest BCUT2D eigenvalue weighted by Gasteiger charge is 2.19. The molecule has 2 aliphatic rings. The van der Waals surface area contributed by atoms with Crippen LogP contribution in [-0.4, -0.2) is 43.3 Å². The van der Waals surface area contributed by atoms with E-state index in [0.29, 0.717) is 12.1 Å². The van der Waals surface area contributed by atoms with Gasteiger partial charge in [-0.15, -0.1) is 0 Å². The van der Waals surface area contributed by atoms with Crippen LogP contribution in [0.25, 0.3) is 0 Å². The van der Waals surface area contributed by atoms with Crippen molar-refractivity contribution in [2.45, 2.75) is 44.2 Å². The summed E-state index contributed by atoms with van der Waals surface area (Å²) in [6.45, 7) is 4.50. The topological polar surface area (TPSA) is 38.5 Å². The number of hydrogen-bond donors (Lipinski definition) is 1. The Balaban J connectivity index is 1.54. The minimum atomic E-state index is 0.428. The third-order valence-electron chi connectivity index (χ3n) is 3.33. The molecule has 3 heteroatoms. The fraction of sp³-hybridized carbons (Fsp3) is 1.00. The quantitative estimate of drug-likeness (QED) is 0.732. The van der Waals surface area contributed by atoms with Crippen molar-refractivity contribution in [2.24, 2.45) is 5.73 Å². The van der Waals surface area contributed by atoms with E-state index in [4.69, 9.17) is 10.5 Å². The van der Waals surface area contributed by atoms with Crippen molar-refractivity contribution in [3.63, 3.8) is 0 Å². The zero-order valence-electron chi connectivity index (χ0n) is 8.95. The maximum atomic E-state index is 5.85. The van der Waals surface area contributed by atoms with Crippen LogP contribution in [0.4, 0.5) is 0 Å². The minimum Gasteiger partial charge on any atom is -0.378 e. The molecule has 0 bridgehead atoms. The van der Waals surface area contributed by atoms with Crippen molar-refractivity contribution in [3.05, 3.63) is 0 Å². The van der Waals surface area contributed by atoms with Crippen molar-refractivity contribution in [1.29, 1.82) is 0 Å². The average Bonchev–Trinajstić information content (AvgIpc) is 2.77. The van der Waals surface area contributed by atoms with Gasteiger partial charge in [-0.05, 0) is 45.2 Å². The van der Waals surface area contributed by atoms with Crippen LogP contribution >= 0.6 is 0 Å². The zero-order chi connectivity index (χ0) is 9.80. The van der Waals surface area contributed by atoms with Gasteiger partial charge < -0.3 is 15.4 Å². The normalized spacial score (nSPS) is 34.1. The number of hydrogen-bond acceptors (Lipinski definition) is 3. The van der Waals surface area contributed by atoms with Crippen LogP contribution in [0.3, 0.4) is 0 Å². The molecular weight excluding hydrogens is 176 g/mol. The lowest BCUT2D eigenvalue weighted by atomic mass is 10.1. The van der Waals surface area contributed by atoms with Crippen molar-refractivity contribution >= 4 is 0 Å². The van der Waals surface area contributed by atoms with Gasteiger partial charge in [0.05, 0.1) is 6.10 Å². The van der Waals surface area contributed by atoms with Crippen LogP contribution in [0.2, 0.25) is 0 Å². The van der Waals surface area contributed by atoms with Gasteiger partial charge >= 0.3 is 0 Å². The predicted octanol–water partition coefficient (Wildman–Crippen LogP) is 0.979. The second kappa shape index (κ2) is 5.10. The predicted molar refractivity (Wildman–Crippen MR) is 57.2 cm³/mol. The molecule has 2 rings (SSSR count). The Morgan fingerprint density at radius 1 is 1.36 bits per heavy atom. The highest BCUT2D eigenvalue weighted by atomic mass is 16.5. The first kappa shape index (κ1) is 10.4. The maximum absolute atomic E-state index is 5.85. The Labute approximate surface area is 86.6 Å². The van der Waals surface area contributed by atoms with Crippen molar-refractivity contribution in [3.8, 4) is 0 Å². The highest BCUT2D eigenvalue weighted by Crippen LogP contribution is 2.17. The molecule has 0 radical (unpaired) electrons. The Bertz CT molecular complexity index is 169. The molecule has 2 aliphatic heterocycles. The van der Waals surface area contributed by atoms with Crippen LogP contribution in [0.1, 0.15) is 32.1 Å². The molecule has 2 saturated heterocycles. The maximum Gasteiger partial charge on any atom is 0.0576 e. The van der Waals surface area contributed by atoms with Crippen LogP contribution in [0.5, 0.6) is 0 Å². The summed E-state index contributed by atoms with van der Waals surface area (Å²) in [5.74, 6) is 0. The molecule has 2 heterocycles. The van der Waals surface area contributed by atoms with Crippen molar-refractivity contribution in [2.75, 3.05) is 26.2 Å². The SMILES string of the molecule is NC1CCN(CCCC2CCCO2)C1. The summed E-state index contributed by atoms with van der Waals surface area (Å²) < 4.78 is 5.60. The summed E-state index contributed by atoms with van der Waals surface area (Å²) in [5, 5.41) is 0. The van der Waals surface area contributed by atoms with Gasteiger partial charge in [-0.25, -0.2) is 0 Å². The van der Waals surface area contributed by atoms with Gasteiger partial charge in [0.2, 0.25) is 0 Å². The first-order valence-electron chi connectivity index (χ1n) is 5.94.